The molecule has 0 radical (unpaired) electrons. The monoisotopic (exact) mass is 367 g/mol. The topological polar surface area (TPSA) is 38.1 Å². The van der Waals surface area contributed by atoms with E-state index in [9.17, 15) is 4.79 Å². The third-order valence-electron chi connectivity index (χ3n) is 3.89. The minimum Gasteiger partial charge on any atom is -0.337 e. The number of aryl methyl sites for hydroxylation is 1. The number of nitrogens with zero attached hydrogens (tertiary/aromatic N) is 3. The summed E-state index contributed by atoms with van der Waals surface area (Å²) in [5, 5.41) is 5.94. The highest BCUT2D eigenvalue weighted by molar-refractivity contribution is 7.21. The van der Waals surface area contributed by atoms with E-state index in [0.717, 1.165) is 21.3 Å². The molecule has 0 saturated carbocycles. The maximum Gasteiger partial charge on any atom is 0.265 e. The van der Waals surface area contributed by atoms with E-state index in [1.165, 1.54) is 11.3 Å². The summed E-state index contributed by atoms with van der Waals surface area (Å²) in [7, 11) is 3.64. The molecular formula is C16H15Cl2N3OS. The Labute approximate surface area is 148 Å². The molecule has 7 heteroatoms. The van der Waals surface area contributed by atoms with Crippen molar-refractivity contribution in [2.24, 2.45) is 7.05 Å². The molecule has 4 nitrogen and oxygen atoms in total. The van der Waals surface area contributed by atoms with Crippen molar-refractivity contribution in [3.05, 3.63) is 50.6 Å². The van der Waals surface area contributed by atoms with Crippen molar-refractivity contribution in [1.82, 2.24) is 14.7 Å². The quantitative estimate of drug-likeness (QED) is 0.682. The smallest absolute Gasteiger partial charge is 0.265 e. The van der Waals surface area contributed by atoms with Crippen LogP contribution >= 0.6 is 34.5 Å². The summed E-state index contributed by atoms with van der Waals surface area (Å²) in [6.07, 6.45) is 1.78. The molecular weight excluding hydrogens is 353 g/mol. The van der Waals surface area contributed by atoms with Gasteiger partial charge in [0.25, 0.3) is 5.91 Å². The van der Waals surface area contributed by atoms with Gasteiger partial charge in [0.2, 0.25) is 0 Å². The molecule has 120 valence electrons. The summed E-state index contributed by atoms with van der Waals surface area (Å²) in [6, 6.07) is 5.55. The van der Waals surface area contributed by atoms with Gasteiger partial charge in [-0.3, -0.25) is 9.48 Å². The number of hydrogen-bond acceptors (Lipinski definition) is 3. The van der Waals surface area contributed by atoms with Gasteiger partial charge in [-0.25, -0.2) is 0 Å². The highest BCUT2D eigenvalue weighted by atomic mass is 35.5. The molecule has 0 unspecified atom stereocenters. The van der Waals surface area contributed by atoms with Gasteiger partial charge in [0.1, 0.15) is 4.88 Å². The molecule has 0 bridgehead atoms. The fraction of sp³-hybridized carbons (Fsp3) is 0.250. The summed E-state index contributed by atoms with van der Waals surface area (Å²) in [5.74, 6) is -0.115. The number of hydrogen-bond donors (Lipinski definition) is 0. The minimum absolute atomic E-state index is 0.115. The van der Waals surface area contributed by atoms with E-state index >= 15 is 0 Å². The Kier molecular flexibility index (Phi) is 4.36. The second-order valence-electron chi connectivity index (χ2n) is 5.40. The number of carbonyl (C=O) groups excluding carboxylic acids is 1. The second-order valence-corrected chi connectivity index (χ2v) is 7.24. The first-order valence-electron chi connectivity index (χ1n) is 6.99. The van der Waals surface area contributed by atoms with Crippen molar-refractivity contribution in [2.45, 2.75) is 13.5 Å². The normalized spacial score (nSPS) is 11.2. The van der Waals surface area contributed by atoms with Crippen LogP contribution in [0.5, 0.6) is 0 Å². The van der Waals surface area contributed by atoms with Gasteiger partial charge in [0.15, 0.2) is 0 Å². The first-order chi connectivity index (χ1) is 10.9. The van der Waals surface area contributed by atoms with Crippen LogP contribution < -0.4 is 0 Å². The predicted octanol–water partition coefficient (Wildman–Crippen LogP) is 4.52. The third kappa shape index (κ3) is 2.84. The zero-order chi connectivity index (χ0) is 16.7. The summed E-state index contributed by atoms with van der Waals surface area (Å²) in [4.78, 5) is 14.9. The highest BCUT2D eigenvalue weighted by Gasteiger charge is 2.22. The maximum absolute atomic E-state index is 12.8. The van der Waals surface area contributed by atoms with Crippen molar-refractivity contribution >= 4 is 50.5 Å². The second kappa shape index (κ2) is 6.15. The van der Waals surface area contributed by atoms with Crippen LogP contribution in [0.25, 0.3) is 10.1 Å². The number of rotatable bonds is 3. The molecule has 0 aliphatic carbocycles. The summed E-state index contributed by atoms with van der Waals surface area (Å²) < 4.78 is 2.71. The van der Waals surface area contributed by atoms with E-state index in [0.29, 0.717) is 21.5 Å². The average Bonchev–Trinajstić information content (AvgIpc) is 3.02. The van der Waals surface area contributed by atoms with Gasteiger partial charge in [-0.2, -0.15) is 5.10 Å². The minimum atomic E-state index is -0.115. The number of amides is 1. The summed E-state index contributed by atoms with van der Waals surface area (Å²) in [5.41, 5.74) is 2.05. The van der Waals surface area contributed by atoms with E-state index in [-0.39, 0.29) is 5.91 Å². The van der Waals surface area contributed by atoms with Gasteiger partial charge in [-0.05, 0) is 19.1 Å². The zero-order valence-electron chi connectivity index (χ0n) is 12.9. The van der Waals surface area contributed by atoms with Crippen LogP contribution in [0.1, 0.15) is 20.9 Å². The molecule has 0 saturated heterocycles. The van der Waals surface area contributed by atoms with Gasteiger partial charge < -0.3 is 4.90 Å². The standard InChI is InChI=1S/C16H15Cl2N3OS/c1-9-10(7-19-21(9)3)8-20(2)16(22)15-14(18)13-11(17)5-4-6-12(13)23-15/h4-7H,8H2,1-3H3. The lowest BCUT2D eigenvalue weighted by molar-refractivity contribution is 0.0790. The van der Waals surface area contributed by atoms with Crippen molar-refractivity contribution in [2.75, 3.05) is 7.05 Å². The zero-order valence-corrected chi connectivity index (χ0v) is 15.3. The van der Waals surface area contributed by atoms with Crippen LogP contribution in [-0.4, -0.2) is 27.6 Å². The lowest BCUT2D eigenvalue weighted by atomic mass is 10.2. The Morgan fingerprint density at radius 1 is 1.39 bits per heavy atom. The van der Waals surface area contributed by atoms with E-state index in [1.807, 2.05) is 26.1 Å². The van der Waals surface area contributed by atoms with E-state index in [1.54, 1.807) is 28.9 Å². The van der Waals surface area contributed by atoms with Gasteiger partial charge in [-0.15, -0.1) is 11.3 Å². The molecule has 0 N–H and O–H groups in total. The summed E-state index contributed by atoms with van der Waals surface area (Å²) in [6.45, 7) is 2.46. The van der Waals surface area contributed by atoms with Crippen molar-refractivity contribution in [1.29, 1.82) is 0 Å². The fourth-order valence-electron chi connectivity index (χ4n) is 2.41. The number of thiophene rings is 1. The molecule has 0 aliphatic rings. The lowest BCUT2D eigenvalue weighted by Gasteiger charge is -2.16. The lowest BCUT2D eigenvalue weighted by Crippen LogP contribution is -2.25. The van der Waals surface area contributed by atoms with E-state index < -0.39 is 0 Å². The Balaban J connectivity index is 1.92. The number of benzene rings is 1. The molecule has 0 spiro atoms. The Morgan fingerprint density at radius 3 is 2.74 bits per heavy atom. The molecule has 3 aromatic rings. The molecule has 0 fully saturated rings. The number of halogens is 2. The first kappa shape index (κ1) is 16.3. The number of aromatic nitrogens is 2. The molecule has 3 rings (SSSR count). The molecule has 2 heterocycles. The Morgan fingerprint density at radius 2 is 2.13 bits per heavy atom. The van der Waals surface area contributed by atoms with Gasteiger partial charge in [0.05, 0.1) is 16.2 Å². The largest absolute Gasteiger partial charge is 0.337 e. The van der Waals surface area contributed by atoms with Crippen LogP contribution in [0.2, 0.25) is 10.0 Å². The maximum atomic E-state index is 12.8. The van der Waals surface area contributed by atoms with Crippen molar-refractivity contribution in [3.8, 4) is 0 Å². The molecule has 0 atom stereocenters. The fourth-order valence-corrected chi connectivity index (χ4v) is 4.35. The van der Waals surface area contributed by atoms with Gasteiger partial charge in [-0.1, -0.05) is 29.3 Å². The molecule has 1 aromatic carbocycles. The summed E-state index contributed by atoms with van der Waals surface area (Å²) >= 11 is 14.0. The highest BCUT2D eigenvalue weighted by Crippen LogP contribution is 2.39. The van der Waals surface area contributed by atoms with Crippen LogP contribution in [0, 0.1) is 6.92 Å². The van der Waals surface area contributed by atoms with Crippen LogP contribution in [-0.2, 0) is 13.6 Å². The van der Waals surface area contributed by atoms with Gasteiger partial charge >= 0.3 is 0 Å². The SMILES string of the molecule is Cc1c(CN(C)C(=O)c2sc3cccc(Cl)c3c2Cl)cnn1C. The average molecular weight is 368 g/mol. The van der Waals surface area contributed by atoms with E-state index in [4.69, 9.17) is 23.2 Å². The van der Waals surface area contributed by atoms with Gasteiger partial charge in [0, 0.05) is 42.0 Å². The molecule has 1 amide bonds. The van der Waals surface area contributed by atoms with Crippen LogP contribution in [0.4, 0.5) is 0 Å². The van der Waals surface area contributed by atoms with E-state index in [2.05, 4.69) is 5.10 Å². The number of fused-ring (bicyclic) bond motifs is 1. The predicted molar refractivity (Wildman–Crippen MR) is 95.6 cm³/mol. The van der Waals surface area contributed by atoms with Crippen LogP contribution in [0.3, 0.4) is 0 Å². The molecule has 2 aromatic heterocycles. The number of carbonyl (C=O) groups is 1. The first-order valence-corrected chi connectivity index (χ1v) is 8.57. The Bertz CT molecular complexity index is 900. The van der Waals surface area contributed by atoms with Crippen LogP contribution in [0.15, 0.2) is 24.4 Å². The molecule has 0 aliphatic heterocycles. The third-order valence-corrected chi connectivity index (χ3v) is 5.84. The molecule has 23 heavy (non-hydrogen) atoms. The van der Waals surface area contributed by atoms with Crippen molar-refractivity contribution < 1.29 is 4.79 Å². The van der Waals surface area contributed by atoms with Crippen molar-refractivity contribution in [3.63, 3.8) is 0 Å². The Hall–Kier alpha value is -1.56.